The molecule has 1 fully saturated rings. The number of morpholine rings is 1. The maximum Gasteiger partial charge on any atom is 0.289 e. The zero-order chi connectivity index (χ0) is 17.0. The monoisotopic (exact) mass is 332 g/mol. The Morgan fingerprint density at radius 1 is 1.39 bits per heavy atom. The van der Waals surface area contributed by atoms with Gasteiger partial charge in [0.15, 0.2) is 5.03 Å². The lowest BCUT2D eigenvalue weighted by Gasteiger charge is -2.35. The molecular formula is C15H18N5O2S+. The van der Waals surface area contributed by atoms with Crippen molar-refractivity contribution < 1.29 is 14.5 Å². The molecule has 2 heterocycles. The van der Waals surface area contributed by atoms with Gasteiger partial charge in [0.25, 0.3) is 5.82 Å². The van der Waals surface area contributed by atoms with E-state index >= 15 is 0 Å². The molecule has 1 aromatic rings. The fourth-order valence-electron chi connectivity index (χ4n) is 2.44. The molecule has 120 valence electrons. The van der Waals surface area contributed by atoms with Crippen LogP contribution in [0.2, 0.25) is 0 Å². The van der Waals surface area contributed by atoms with Crippen molar-refractivity contribution in [3.05, 3.63) is 17.2 Å². The lowest BCUT2D eigenvalue weighted by molar-refractivity contribution is -0.410. The van der Waals surface area contributed by atoms with Crippen molar-refractivity contribution in [1.29, 1.82) is 10.5 Å². The van der Waals surface area contributed by atoms with Gasteiger partial charge in [0.05, 0.1) is 18.0 Å². The molecule has 0 bridgehead atoms. The summed E-state index contributed by atoms with van der Waals surface area (Å²) in [5.74, 6) is 0.364. The number of carbonyl (C=O) groups is 1. The number of thioether (sulfide) groups is 1. The highest BCUT2D eigenvalue weighted by Gasteiger charge is 2.26. The molecule has 0 saturated carbocycles. The Bertz CT molecular complexity index is 684. The molecule has 3 N–H and O–H groups in total. The van der Waals surface area contributed by atoms with Crippen molar-refractivity contribution in [2.24, 2.45) is 0 Å². The number of aromatic amines is 1. The number of nitriles is 2. The molecule has 2 rings (SSSR count). The van der Waals surface area contributed by atoms with Crippen LogP contribution >= 0.6 is 11.8 Å². The van der Waals surface area contributed by atoms with E-state index in [0.29, 0.717) is 23.7 Å². The number of amides is 1. The Morgan fingerprint density at radius 2 is 2.00 bits per heavy atom. The third-order valence-corrected chi connectivity index (χ3v) is 4.43. The lowest BCUT2D eigenvalue weighted by atomic mass is 10.2. The highest BCUT2D eigenvalue weighted by atomic mass is 32.2. The number of anilines is 1. The number of nitrogens with one attached hydrogen (secondary N) is 1. The van der Waals surface area contributed by atoms with E-state index in [9.17, 15) is 4.79 Å². The molecule has 0 aliphatic carbocycles. The summed E-state index contributed by atoms with van der Waals surface area (Å²) in [7, 11) is 0. The summed E-state index contributed by atoms with van der Waals surface area (Å²) < 4.78 is 5.61. The molecule has 1 aliphatic rings. The largest absolute Gasteiger partial charge is 0.372 e. The highest BCUT2D eigenvalue weighted by Crippen LogP contribution is 2.21. The van der Waals surface area contributed by atoms with Crippen molar-refractivity contribution in [3.8, 4) is 12.1 Å². The number of carbonyl (C=O) groups excluding carboxylic acids is 1. The second-order valence-corrected chi connectivity index (χ2v) is 6.39. The van der Waals surface area contributed by atoms with Gasteiger partial charge in [-0.2, -0.15) is 10.5 Å². The predicted molar refractivity (Wildman–Crippen MR) is 84.2 cm³/mol. The van der Waals surface area contributed by atoms with Crippen LogP contribution in [0.1, 0.15) is 25.0 Å². The van der Waals surface area contributed by atoms with Crippen LogP contribution < -0.4 is 10.7 Å². The van der Waals surface area contributed by atoms with Crippen LogP contribution in [0.4, 0.5) is 5.82 Å². The van der Waals surface area contributed by atoms with Crippen LogP contribution in [-0.4, -0.2) is 41.9 Å². The van der Waals surface area contributed by atoms with Gasteiger partial charge in [-0.05, 0) is 19.9 Å². The normalized spacial score (nSPS) is 20.6. The van der Waals surface area contributed by atoms with E-state index in [1.807, 2.05) is 26.0 Å². The third-order valence-electron chi connectivity index (χ3n) is 3.42. The molecule has 0 radical (unpaired) electrons. The van der Waals surface area contributed by atoms with E-state index in [4.69, 9.17) is 21.0 Å². The fourth-order valence-corrected chi connectivity index (χ4v) is 3.33. The first-order valence-corrected chi connectivity index (χ1v) is 8.15. The zero-order valence-electron chi connectivity index (χ0n) is 13.0. The van der Waals surface area contributed by atoms with E-state index in [1.54, 1.807) is 4.90 Å². The quantitative estimate of drug-likeness (QED) is 0.808. The Balaban J connectivity index is 2.06. The van der Waals surface area contributed by atoms with E-state index in [2.05, 4.69) is 4.98 Å². The lowest BCUT2D eigenvalue weighted by Crippen LogP contribution is -2.48. The minimum atomic E-state index is -0.0165. The summed E-state index contributed by atoms with van der Waals surface area (Å²) in [6.07, 6.45) is 0.0268. The first-order chi connectivity index (χ1) is 10.9. The number of ether oxygens (including phenoxy) is 1. The summed E-state index contributed by atoms with van der Waals surface area (Å²) in [5, 5.41) is 18.6. The van der Waals surface area contributed by atoms with Gasteiger partial charge < -0.3 is 9.64 Å². The predicted octanol–water partition coefficient (Wildman–Crippen LogP) is 0.554. The Kier molecular flexibility index (Phi) is 5.43. The van der Waals surface area contributed by atoms with Crippen molar-refractivity contribution >= 4 is 23.5 Å². The Labute approximate surface area is 139 Å². The number of aromatic nitrogens is 1. The Morgan fingerprint density at radius 3 is 2.57 bits per heavy atom. The second kappa shape index (κ2) is 7.32. The van der Waals surface area contributed by atoms with Gasteiger partial charge in [-0.15, -0.1) is 0 Å². The SMILES string of the molecule is C[C@@H]1CN(C(=O)CSc2[nH+]c(N)c(C#N)cc2C#N)C[C@@H](C)O1. The average Bonchev–Trinajstić information content (AvgIpc) is 2.51. The van der Waals surface area contributed by atoms with Gasteiger partial charge in [-0.25, -0.2) is 4.98 Å². The van der Waals surface area contributed by atoms with Crippen molar-refractivity contribution in [1.82, 2.24) is 4.90 Å². The maximum absolute atomic E-state index is 12.3. The number of H-pyrrole nitrogens is 1. The van der Waals surface area contributed by atoms with Gasteiger partial charge in [0.2, 0.25) is 5.91 Å². The standard InChI is InChI=1S/C15H17N5O2S/c1-9-6-20(7-10(2)22-9)13(21)8-23-15-12(5-17)3-11(4-16)14(18)19-15/h3,9-10H,6-8H2,1-2H3,(H2,18,19)/p+1/t9-,10-/m1/s1. The smallest absolute Gasteiger partial charge is 0.289 e. The molecule has 1 aromatic heterocycles. The van der Waals surface area contributed by atoms with E-state index in [0.717, 1.165) is 0 Å². The van der Waals surface area contributed by atoms with Crippen molar-refractivity contribution in [2.45, 2.75) is 31.1 Å². The van der Waals surface area contributed by atoms with Crippen molar-refractivity contribution in [2.75, 3.05) is 24.6 Å². The number of rotatable bonds is 3. The van der Waals surface area contributed by atoms with Gasteiger partial charge in [-0.1, -0.05) is 11.8 Å². The molecule has 23 heavy (non-hydrogen) atoms. The number of pyridine rings is 1. The summed E-state index contributed by atoms with van der Waals surface area (Å²) in [6, 6.07) is 5.36. The topological polar surface area (TPSA) is 117 Å². The Hall–Kier alpha value is -2.29. The maximum atomic E-state index is 12.3. The first kappa shape index (κ1) is 17.1. The summed E-state index contributed by atoms with van der Waals surface area (Å²) in [4.78, 5) is 16.9. The molecule has 0 aromatic carbocycles. The van der Waals surface area contributed by atoms with Crippen LogP contribution in [0, 0.1) is 22.7 Å². The average molecular weight is 332 g/mol. The number of hydrogen-bond acceptors (Lipinski definition) is 6. The van der Waals surface area contributed by atoms with Crippen molar-refractivity contribution in [3.63, 3.8) is 0 Å². The summed E-state index contributed by atoms with van der Waals surface area (Å²) in [6.45, 7) is 5.00. The van der Waals surface area contributed by atoms with Crippen LogP contribution in [0.15, 0.2) is 11.1 Å². The molecule has 0 spiro atoms. The molecule has 7 nitrogen and oxygen atoms in total. The van der Waals surface area contributed by atoms with Crippen LogP contribution in [0.5, 0.6) is 0 Å². The molecule has 1 aliphatic heterocycles. The molecule has 0 unspecified atom stereocenters. The molecule has 8 heteroatoms. The number of nitrogen functional groups attached to an aromatic ring is 1. The second-order valence-electron chi connectivity index (χ2n) is 5.41. The summed E-state index contributed by atoms with van der Waals surface area (Å²) >= 11 is 1.21. The molecule has 1 saturated heterocycles. The van der Waals surface area contributed by atoms with Gasteiger partial charge >= 0.3 is 0 Å². The van der Waals surface area contributed by atoms with E-state index in [1.165, 1.54) is 17.8 Å². The minimum Gasteiger partial charge on any atom is -0.372 e. The van der Waals surface area contributed by atoms with Crippen LogP contribution in [0.25, 0.3) is 0 Å². The van der Waals surface area contributed by atoms with E-state index < -0.39 is 0 Å². The number of nitrogens with zero attached hydrogens (tertiary/aromatic N) is 3. The van der Waals surface area contributed by atoms with Gasteiger partial charge in [0.1, 0.15) is 23.3 Å². The van der Waals surface area contributed by atoms with E-state index in [-0.39, 0.29) is 35.2 Å². The van der Waals surface area contributed by atoms with Crippen LogP contribution in [-0.2, 0) is 9.53 Å². The molecule has 1 amide bonds. The number of nitrogens with two attached hydrogens (primary N) is 1. The fraction of sp³-hybridized carbons (Fsp3) is 0.467. The van der Waals surface area contributed by atoms with Crippen LogP contribution in [0.3, 0.4) is 0 Å². The highest BCUT2D eigenvalue weighted by molar-refractivity contribution is 7.99. The third kappa shape index (κ3) is 4.13. The first-order valence-electron chi connectivity index (χ1n) is 7.16. The molecule has 2 atom stereocenters. The summed E-state index contributed by atoms with van der Waals surface area (Å²) in [5.41, 5.74) is 6.25. The van der Waals surface area contributed by atoms with Gasteiger partial charge in [-0.3, -0.25) is 10.5 Å². The number of hydrogen-bond donors (Lipinski definition) is 1. The zero-order valence-corrected chi connectivity index (χ0v) is 13.8. The molecular weight excluding hydrogens is 314 g/mol. The van der Waals surface area contributed by atoms with Gasteiger partial charge in [0, 0.05) is 13.1 Å². The minimum absolute atomic E-state index is 0.0134.